The summed E-state index contributed by atoms with van der Waals surface area (Å²) >= 11 is 0. The lowest BCUT2D eigenvalue weighted by molar-refractivity contribution is 0.140. The molecule has 0 aromatic heterocycles. The van der Waals surface area contributed by atoms with Gasteiger partial charge < -0.3 is 10.2 Å². The van der Waals surface area contributed by atoms with Crippen molar-refractivity contribution in [1.29, 1.82) is 0 Å². The van der Waals surface area contributed by atoms with E-state index in [9.17, 15) is 8.42 Å². The number of benzene rings is 1. The van der Waals surface area contributed by atoms with Crippen LogP contribution in [0.25, 0.3) is 0 Å². The van der Waals surface area contributed by atoms with Gasteiger partial charge in [0.15, 0.2) is 0 Å². The molecule has 6 heteroatoms. The lowest BCUT2D eigenvalue weighted by Gasteiger charge is -2.46. The van der Waals surface area contributed by atoms with Gasteiger partial charge in [0.05, 0.1) is 10.4 Å². The second-order valence-corrected chi connectivity index (χ2v) is 8.07. The summed E-state index contributed by atoms with van der Waals surface area (Å²) in [6.45, 7) is 4.20. The molecule has 0 amide bonds. The predicted octanol–water partition coefficient (Wildman–Crippen LogP) is 1.18. The molecule has 1 fully saturated rings. The Morgan fingerprint density at radius 1 is 1.45 bits per heavy atom. The first-order valence-corrected chi connectivity index (χ1v) is 9.54. The third-order valence-corrected chi connectivity index (χ3v) is 6.28. The third-order valence-electron chi connectivity index (χ3n) is 5.37. The number of nitrogens with one attached hydrogen (secondary N) is 1. The van der Waals surface area contributed by atoms with E-state index in [1.54, 1.807) is 12.1 Å². The molecule has 3 rings (SSSR count). The lowest BCUT2D eigenvalue weighted by atomic mass is 9.74. The van der Waals surface area contributed by atoms with E-state index in [-0.39, 0.29) is 10.4 Å². The minimum absolute atomic E-state index is 0.181. The molecule has 5 nitrogen and oxygen atoms in total. The van der Waals surface area contributed by atoms with Gasteiger partial charge in [0.2, 0.25) is 10.0 Å². The first-order valence-electron chi connectivity index (χ1n) is 8.00. The number of likely N-dealkylation sites (tertiary alicyclic amines) is 1. The third kappa shape index (κ3) is 2.48. The Labute approximate surface area is 132 Å². The van der Waals surface area contributed by atoms with Crippen LogP contribution in [0.4, 0.5) is 0 Å². The Morgan fingerprint density at radius 2 is 2.23 bits per heavy atom. The van der Waals surface area contributed by atoms with Crippen molar-refractivity contribution < 1.29 is 8.42 Å². The fourth-order valence-electron chi connectivity index (χ4n) is 4.26. The zero-order valence-electron chi connectivity index (χ0n) is 13.3. The minimum atomic E-state index is -3.67. The van der Waals surface area contributed by atoms with Crippen LogP contribution in [0.5, 0.6) is 0 Å². The Kier molecular flexibility index (Phi) is 4.05. The van der Waals surface area contributed by atoms with Crippen molar-refractivity contribution in [2.24, 2.45) is 5.14 Å². The highest BCUT2D eigenvalue weighted by Crippen LogP contribution is 2.41. The van der Waals surface area contributed by atoms with Crippen LogP contribution in [0.15, 0.2) is 23.1 Å². The molecular weight excluding hydrogens is 298 g/mol. The molecule has 122 valence electrons. The summed E-state index contributed by atoms with van der Waals surface area (Å²) < 4.78 is 23.5. The highest BCUT2D eigenvalue weighted by atomic mass is 32.2. The van der Waals surface area contributed by atoms with Crippen molar-refractivity contribution in [1.82, 2.24) is 10.2 Å². The van der Waals surface area contributed by atoms with E-state index < -0.39 is 10.0 Å². The second kappa shape index (κ2) is 5.60. The van der Waals surface area contributed by atoms with Gasteiger partial charge in [-0.1, -0.05) is 13.0 Å². The minimum Gasteiger partial charge on any atom is -0.306 e. The maximum atomic E-state index is 11.8. The molecule has 2 unspecified atom stereocenters. The van der Waals surface area contributed by atoms with Crippen molar-refractivity contribution in [3.63, 3.8) is 0 Å². The maximum absolute atomic E-state index is 11.8. The van der Waals surface area contributed by atoms with Crippen LogP contribution >= 0.6 is 0 Å². The molecule has 1 aromatic rings. The van der Waals surface area contributed by atoms with Crippen LogP contribution in [0, 0.1) is 0 Å². The first kappa shape index (κ1) is 15.9. The fraction of sp³-hybridized carbons (Fsp3) is 0.625. The molecule has 1 aromatic carbocycles. The average Bonchev–Trinajstić information content (AvgIpc) is 2.91. The smallest absolute Gasteiger partial charge is 0.238 e. The molecule has 2 atom stereocenters. The van der Waals surface area contributed by atoms with Crippen LogP contribution in [-0.4, -0.2) is 39.5 Å². The van der Waals surface area contributed by atoms with Gasteiger partial charge in [0.1, 0.15) is 0 Å². The van der Waals surface area contributed by atoms with E-state index in [4.69, 9.17) is 5.14 Å². The van der Waals surface area contributed by atoms with Crippen LogP contribution in [0.3, 0.4) is 0 Å². The van der Waals surface area contributed by atoms with Crippen molar-refractivity contribution in [2.45, 2.75) is 49.1 Å². The van der Waals surface area contributed by atoms with E-state index in [0.717, 1.165) is 37.9 Å². The fourth-order valence-corrected chi connectivity index (χ4v) is 4.80. The van der Waals surface area contributed by atoms with E-state index in [1.807, 2.05) is 6.07 Å². The van der Waals surface area contributed by atoms with Crippen LogP contribution in [0.1, 0.15) is 37.3 Å². The zero-order chi connectivity index (χ0) is 16.0. The molecule has 0 aliphatic carbocycles. The van der Waals surface area contributed by atoms with E-state index in [2.05, 4.69) is 24.2 Å². The van der Waals surface area contributed by atoms with Gasteiger partial charge in [-0.15, -0.1) is 0 Å². The number of rotatable bonds is 3. The predicted molar refractivity (Wildman–Crippen MR) is 87.1 cm³/mol. The SMILES string of the molecule is CCC1(C2CCCN2C)NCCc2ccc(S(N)(=O)=O)cc21. The summed E-state index contributed by atoms with van der Waals surface area (Å²) in [5.41, 5.74) is 2.18. The Hall–Kier alpha value is -0.950. The van der Waals surface area contributed by atoms with Crippen molar-refractivity contribution in [3.8, 4) is 0 Å². The quantitative estimate of drug-likeness (QED) is 0.876. The standard InChI is InChI=1S/C16H25N3O2S/c1-3-16(15-5-4-10-19(15)2)14-11-13(22(17,20)21)7-6-12(14)8-9-18-16/h6-7,11,15,18H,3-5,8-10H2,1-2H3,(H2,17,20,21). The summed E-state index contributed by atoms with van der Waals surface area (Å²) in [6.07, 6.45) is 4.19. The second-order valence-electron chi connectivity index (χ2n) is 6.50. The van der Waals surface area contributed by atoms with Gasteiger partial charge in [0.25, 0.3) is 0 Å². The maximum Gasteiger partial charge on any atom is 0.238 e. The molecule has 0 bridgehead atoms. The van der Waals surface area contributed by atoms with E-state index in [1.165, 1.54) is 12.0 Å². The summed E-state index contributed by atoms with van der Waals surface area (Å²) in [7, 11) is -1.51. The molecule has 0 radical (unpaired) electrons. The largest absolute Gasteiger partial charge is 0.306 e. The normalized spacial score (nSPS) is 29.5. The zero-order valence-corrected chi connectivity index (χ0v) is 14.1. The van der Waals surface area contributed by atoms with Crippen LogP contribution < -0.4 is 10.5 Å². The molecular formula is C16H25N3O2S. The number of hydrogen-bond donors (Lipinski definition) is 2. The topological polar surface area (TPSA) is 75.4 Å². The average molecular weight is 323 g/mol. The van der Waals surface area contributed by atoms with Crippen molar-refractivity contribution in [3.05, 3.63) is 29.3 Å². The number of nitrogens with zero attached hydrogens (tertiary/aromatic N) is 1. The summed E-state index contributed by atoms with van der Waals surface area (Å²) in [5.74, 6) is 0. The van der Waals surface area contributed by atoms with Gasteiger partial charge in [-0.3, -0.25) is 0 Å². The van der Waals surface area contributed by atoms with E-state index in [0.29, 0.717) is 6.04 Å². The first-order chi connectivity index (χ1) is 10.4. The lowest BCUT2D eigenvalue weighted by Crippen LogP contribution is -2.58. The van der Waals surface area contributed by atoms with Gasteiger partial charge in [-0.25, -0.2) is 13.6 Å². The molecule has 2 heterocycles. The highest BCUT2D eigenvalue weighted by Gasteiger charge is 2.45. The molecule has 0 saturated carbocycles. The van der Waals surface area contributed by atoms with Crippen molar-refractivity contribution >= 4 is 10.0 Å². The number of primary sulfonamides is 1. The monoisotopic (exact) mass is 323 g/mol. The number of sulfonamides is 1. The number of nitrogens with two attached hydrogens (primary N) is 1. The summed E-state index contributed by atoms with van der Waals surface area (Å²) in [4.78, 5) is 2.61. The van der Waals surface area contributed by atoms with Gasteiger partial charge in [-0.2, -0.15) is 0 Å². The number of likely N-dealkylation sites (N-methyl/N-ethyl adjacent to an activating group) is 1. The molecule has 3 N–H and O–H groups in total. The highest BCUT2D eigenvalue weighted by molar-refractivity contribution is 7.89. The number of fused-ring (bicyclic) bond motifs is 1. The van der Waals surface area contributed by atoms with Gasteiger partial charge in [0, 0.05) is 12.6 Å². The van der Waals surface area contributed by atoms with E-state index >= 15 is 0 Å². The molecule has 22 heavy (non-hydrogen) atoms. The van der Waals surface area contributed by atoms with Crippen LogP contribution in [0.2, 0.25) is 0 Å². The molecule has 2 aliphatic rings. The number of hydrogen-bond acceptors (Lipinski definition) is 4. The summed E-state index contributed by atoms with van der Waals surface area (Å²) in [6, 6.07) is 5.77. The summed E-state index contributed by atoms with van der Waals surface area (Å²) in [5, 5.41) is 9.05. The Balaban J connectivity index is 2.15. The molecule has 2 aliphatic heterocycles. The molecule has 0 spiro atoms. The Bertz CT molecular complexity index is 674. The van der Waals surface area contributed by atoms with Gasteiger partial charge >= 0.3 is 0 Å². The van der Waals surface area contributed by atoms with Crippen molar-refractivity contribution in [2.75, 3.05) is 20.1 Å². The van der Waals surface area contributed by atoms with Crippen LogP contribution in [-0.2, 0) is 22.0 Å². The Morgan fingerprint density at radius 3 is 2.82 bits per heavy atom. The molecule has 1 saturated heterocycles. The van der Waals surface area contributed by atoms with Gasteiger partial charge in [-0.05, 0) is 62.5 Å².